The number of ether oxygens (including phenoxy) is 1. The minimum atomic E-state index is -3.43. The van der Waals surface area contributed by atoms with E-state index >= 15 is 0 Å². The lowest BCUT2D eigenvalue weighted by molar-refractivity contribution is 0.0951. The van der Waals surface area contributed by atoms with Crippen LogP contribution in [0.25, 0.3) is 0 Å². The Bertz CT molecular complexity index is 870. The number of para-hydroxylation sites is 1. The van der Waals surface area contributed by atoms with Crippen molar-refractivity contribution in [2.45, 2.75) is 6.42 Å². The highest BCUT2D eigenvalue weighted by Crippen LogP contribution is 2.18. The lowest BCUT2D eigenvalue weighted by Gasteiger charge is -2.20. The van der Waals surface area contributed by atoms with E-state index in [4.69, 9.17) is 4.74 Å². The molecule has 0 saturated carbocycles. The maximum absolute atomic E-state index is 12.9. The Morgan fingerprint density at radius 3 is 2.41 bits per heavy atom. The van der Waals surface area contributed by atoms with E-state index in [-0.39, 0.29) is 25.5 Å². The van der Waals surface area contributed by atoms with Crippen LogP contribution in [-0.2, 0) is 16.4 Å². The molecule has 8 heteroatoms. The highest BCUT2D eigenvalue weighted by Gasteiger charge is 2.17. The fraction of sp³-hybridized carbons (Fsp3) is 0.316. The van der Waals surface area contributed by atoms with Crippen LogP contribution in [0.2, 0.25) is 0 Å². The molecule has 0 atom stereocenters. The summed E-state index contributed by atoms with van der Waals surface area (Å²) in [6, 6.07) is 12.6. The largest absolute Gasteiger partial charge is 0.496 e. The van der Waals surface area contributed by atoms with Crippen molar-refractivity contribution < 1.29 is 22.3 Å². The van der Waals surface area contributed by atoms with Gasteiger partial charge < -0.3 is 10.1 Å². The average Bonchev–Trinajstić information content (AvgIpc) is 2.64. The van der Waals surface area contributed by atoms with Crippen molar-refractivity contribution in [2.75, 3.05) is 33.0 Å². The molecule has 0 aliphatic heterocycles. The van der Waals surface area contributed by atoms with Crippen LogP contribution in [0.4, 0.5) is 4.39 Å². The van der Waals surface area contributed by atoms with Crippen LogP contribution in [0.5, 0.6) is 5.75 Å². The number of carbonyl (C=O) groups excluding carboxylic acids is 1. The first-order valence-electron chi connectivity index (χ1n) is 8.42. The van der Waals surface area contributed by atoms with Gasteiger partial charge in [-0.25, -0.2) is 17.1 Å². The smallest absolute Gasteiger partial charge is 0.251 e. The lowest BCUT2D eigenvalue weighted by Crippen LogP contribution is -2.39. The second-order valence-corrected chi connectivity index (χ2v) is 7.97. The number of hydrogen-bond donors (Lipinski definition) is 1. The van der Waals surface area contributed by atoms with Crippen molar-refractivity contribution >= 4 is 15.9 Å². The molecule has 0 heterocycles. The molecule has 0 radical (unpaired) electrons. The molecule has 6 nitrogen and oxygen atoms in total. The minimum Gasteiger partial charge on any atom is -0.496 e. The van der Waals surface area contributed by atoms with E-state index in [0.717, 1.165) is 11.8 Å². The van der Waals surface area contributed by atoms with Gasteiger partial charge in [0, 0.05) is 25.2 Å². The second kappa shape index (κ2) is 9.48. The van der Waals surface area contributed by atoms with Gasteiger partial charge in [0.2, 0.25) is 10.0 Å². The van der Waals surface area contributed by atoms with Crippen LogP contribution in [0, 0.1) is 5.82 Å². The van der Waals surface area contributed by atoms with Crippen molar-refractivity contribution in [3.05, 3.63) is 65.5 Å². The molecule has 0 unspecified atom stereocenters. The van der Waals surface area contributed by atoms with E-state index in [0.29, 0.717) is 17.7 Å². The fourth-order valence-electron chi connectivity index (χ4n) is 2.60. The maximum Gasteiger partial charge on any atom is 0.251 e. The summed E-state index contributed by atoms with van der Waals surface area (Å²) in [4.78, 5) is 12.0. The Kier molecular flexibility index (Phi) is 7.32. The third-order valence-electron chi connectivity index (χ3n) is 4.05. The third-order valence-corrected chi connectivity index (χ3v) is 5.35. The average molecular weight is 394 g/mol. The number of rotatable bonds is 9. The molecule has 2 aromatic rings. The first-order valence-corrected chi connectivity index (χ1v) is 10.3. The van der Waals surface area contributed by atoms with Gasteiger partial charge >= 0.3 is 0 Å². The summed E-state index contributed by atoms with van der Waals surface area (Å²) in [6.07, 6.45) is 1.63. The van der Waals surface area contributed by atoms with Gasteiger partial charge in [0.15, 0.2) is 0 Å². The highest BCUT2D eigenvalue weighted by molar-refractivity contribution is 7.88. The molecule has 0 aliphatic carbocycles. The molecule has 0 spiro atoms. The number of benzene rings is 2. The number of amides is 1. The van der Waals surface area contributed by atoms with Crippen molar-refractivity contribution in [3.8, 4) is 5.75 Å². The Morgan fingerprint density at radius 2 is 1.78 bits per heavy atom. The molecule has 0 aliphatic rings. The van der Waals surface area contributed by atoms with Crippen LogP contribution >= 0.6 is 0 Å². The second-order valence-electron chi connectivity index (χ2n) is 5.99. The number of nitrogens with zero attached hydrogens (tertiary/aromatic N) is 1. The zero-order valence-corrected chi connectivity index (χ0v) is 16.1. The SMILES string of the molecule is COc1ccccc1CCN(CCNC(=O)c1ccc(F)cc1)S(C)(=O)=O. The predicted octanol–water partition coefficient (Wildman–Crippen LogP) is 2.07. The molecule has 0 fully saturated rings. The molecule has 1 amide bonds. The monoisotopic (exact) mass is 394 g/mol. The maximum atomic E-state index is 12.9. The van der Waals surface area contributed by atoms with E-state index in [1.807, 2.05) is 24.3 Å². The van der Waals surface area contributed by atoms with Crippen LogP contribution < -0.4 is 10.1 Å². The standard InChI is InChI=1S/C19H23FN2O4S/c1-26-18-6-4-3-5-15(18)11-13-22(27(2,24)25)14-12-21-19(23)16-7-9-17(20)10-8-16/h3-10H,11-14H2,1-2H3,(H,21,23). The van der Waals surface area contributed by atoms with Crippen LogP contribution in [0.3, 0.4) is 0 Å². The number of sulfonamides is 1. The number of carbonyl (C=O) groups is 1. The van der Waals surface area contributed by atoms with E-state index < -0.39 is 15.8 Å². The number of nitrogens with one attached hydrogen (secondary N) is 1. The molecular weight excluding hydrogens is 371 g/mol. The summed E-state index contributed by atoms with van der Waals surface area (Å²) < 4.78 is 43.6. The molecule has 27 heavy (non-hydrogen) atoms. The van der Waals surface area contributed by atoms with Crippen LogP contribution in [0.1, 0.15) is 15.9 Å². The molecule has 0 bridgehead atoms. The number of halogens is 1. The van der Waals surface area contributed by atoms with Crippen molar-refractivity contribution in [1.29, 1.82) is 0 Å². The van der Waals surface area contributed by atoms with Gasteiger partial charge in [-0.05, 0) is 42.3 Å². The van der Waals surface area contributed by atoms with Gasteiger partial charge in [-0.15, -0.1) is 0 Å². The normalized spacial score (nSPS) is 11.4. The predicted molar refractivity (Wildman–Crippen MR) is 102 cm³/mol. The Hall–Kier alpha value is -2.45. The van der Waals surface area contributed by atoms with Gasteiger partial charge in [-0.1, -0.05) is 18.2 Å². The van der Waals surface area contributed by atoms with E-state index in [1.165, 1.54) is 28.6 Å². The van der Waals surface area contributed by atoms with Gasteiger partial charge in [0.25, 0.3) is 5.91 Å². The Morgan fingerprint density at radius 1 is 1.11 bits per heavy atom. The lowest BCUT2D eigenvalue weighted by atomic mass is 10.1. The van der Waals surface area contributed by atoms with Crippen molar-refractivity contribution in [1.82, 2.24) is 9.62 Å². The minimum absolute atomic E-state index is 0.140. The molecule has 0 aromatic heterocycles. The zero-order chi connectivity index (χ0) is 19.9. The molecule has 2 aromatic carbocycles. The zero-order valence-electron chi connectivity index (χ0n) is 15.3. The fourth-order valence-corrected chi connectivity index (χ4v) is 3.44. The van der Waals surface area contributed by atoms with Crippen molar-refractivity contribution in [3.63, 3.8) is 0 Å². The summed E-state index contributed by atoms with van der Waals surface area (Å²) >= 11 is 0. The molecule has 1 N–H and O–H groups in total. The number of hydrogen-bond acceptors (Lipinski definition) is 4. The van der Waals surface area contributed by atoms with Gasteiger partial charge in [-0.3, -0.25) is 4.79 Å². The van der Waals surface area contributed by atoms with Gasteiger partial charge in [0.05, 0.1) is 13.4 Å². The summed E-state index contributed by atoms with van der Waals surface area (Å²) in [6.45, 7) is 0.557. The quantitative estimate of drug-likeness (QED) is 0.707. The van der Waals surface area contributed by atoms with E-state index in [9.17, 15) is 17.6 Å². The number of methoxy groups -OCH3 is 1. The Balaban J connectivity index is 1.93. The third kappa shape index (κ3) is 6.33. The highest BCUT2D eigenvalue weighted by atomic mass is 32.2. The van der Waals surface area contributed by atoms with Gasteiger partial charge in [-0.2, -0.15) is 0 Å². The molecule has 2 rings (SSSR count). The first kappa shape index (κ1) is 20.9. The first-order chi connectivity index (χ1) is 12.8. The van der Waals surface area contributed by atoms with Crippen LogP contribution in [-0.4, -0.2) is 51.6 Å². The molecule has 146 valence electrons. The molecular formula is C19H23FN2O4S. The molecule has 0 saturated heterocycles. The topological polar surface area (TPSA) is 75.7 Å². The van der Waals surface area contributed by atoms with E-state index in [1.54, 1.807) is 7.11 Å². The summed E-state index contributed by atoms with van der Waals surface area (Å²) in [5, 5.41) is 2.65. The van der Waals surface area contributed by atoms with Crippen LogP contribution in [0.15, 0.2) is 48.5 Å². The Labute approximate surface area is 159 Å². The van der Waals surface area contributed by atoms with Crippen molar-refractivity contribution in [2.24, 2.45) is 0 Å². The van der Waals surface area contributed by atoms with Gasteiger partial charge in [0.1, 0.15) is 11.6 Å². The summed E-state index contributed by atoms with van der Waals surface area (Å²) in [5.74, 6) is -0.102. The van der Waals surface area contributed by atoms with E-state index in [2.05, 4.69) is 5.32 Å². The summed E-state index contributed by atoms with van der Waals surface area (Å²) in [5.41, 5.74) is 1.22. The summed E-state index contributed by atoms with van der Waals surface area (Å²) in [7, 11) is -1.86.